The molecule has 0 radical (unpaired) electrons. The van der Waals surface area contributed by atoms with Crippen molar-refractivity contribution in [3.8, 4) is 5.88 Å². The molecule has 0 fully saturated rings. The van der Waals surface area contributed by atoms with Crippen LogP contribution in [0.25, 0.3) is 0 Å². The summed E-state index contributed by atoms with van der Waals surface area (Å²) in [6, 6.07) is 12.7. The number of ether oxygens (including phenoxy) is 2. The lowest BCUT2D eigenvalue weighted by atomic mass is 10.1. The minimum Gasteiger partial charge on any atom is -0.480 e. The molecule has 0 saturated heterocycles. The fourth-order valence-corrected chi connectivity index (χ4v) is 2.14. The van der Waals surface area contributed by atoms with Gasteiger partial charge < -0.3 is 19.7 Å². The van der Waals surface area contributed by atoms with Crippen molar-refractivity contribution in [2.45, 2.75) is 25.6 Å². The molecular formula is C18H22N2O5. The van der Waals surface area contributed by atoms with Gasteiger partial charge in [-0.2, -0.15) is 0 Å². The van der Waals surface area contributed by atoms with Crippen LogP contribution >= 0.6 is 0 Å². The Morgan fingerprint density at radius 1 is 1.24 bits per heavy atom. The van der Waals surface area contributed by atoms with E-state index in [2.05, 4.69) is 10.3 Å². The third kappa shape index (κ3) is 6.06. The maximum absolute atomic E-state index is 11.9. The van der Waals surface area contributed by atoms with E-state index in [9.17, 15) is 9.90 Å². The second-order valence-corrected chi connectivity index (χ2v) is 5.42. The van der Waals surface area contributed by atoms with Gasteiger partial charge in [0.25, 0.3) is 0 Å². The molecule has 1 amide bonds. The summed E-state index contributed by atoms with van der Waals surface area (Å²) in [6.45, 7) is -0.121. The van der Waals surface area contributed by atoms with Gasteiger partial charge in [0.05, 0.1) is 19.8 Å². The number of aryl methyl sites for hydroxylation is 1. The highest BCUT2D eigenvalue weighted by Crippen LogP contribution is 2.23. The highest BCUT2D eigenvalue weighted by atomic mass is 16.5. The van der Waals surface area contributed by atoms with E-state index in [-0.39, 0.29) is 19.1 Å². The largest absolute Gasteiger partial charge is 0.480 e. The molecule has 2 aromatic rings. The second-order valence-electron chi connectivity index (χ2n) is 5.42. The summed E-state index contributed by atoms with van der Waals surface area (Å²) in [5, 5.41) is 20.8. The number of amides is 1. The van der Waals surface area contributed by atoms with Crippen LogP contribution in [0.2, 0.25) is 0 Å². The lowest BCUT2D eigenvalue weighted by Gasteiger charge is -2.12. The first-order chi connectivity index (χ1) is 12.1. The molecule has 134 valence electrons. The summed E-state index contributed by atoms with van der Waals surface area (Å²) in [7, 11) is 1.45. The molecule has 0 aliphatic heterocycles. The molecule has 1 aromatic heterocycles. The van der Waals surface area contributed by atoms with Crippen molar-refractivity contribution < 1.29 is 24.5 Å². The zero-order valence-electron chi connectivity index (χ0n) is 14.0. The number of carbonyl (C=O) groups excluding carboxylic acids is 1. The Balaban J connectivity index is 1.93. The predicted molar refractivity (Wildman–Crippen MR) is 92.5 cm³/mol. The summed E-state index contributed by atoms with van der Waals surface area (Å²) in [6.07, 6.45) is -0.513. The average Bonchev–Trinajstić information content (AvgIpc) is 2.66. The van der Waals surface area contributed by atoms with E-state index in [0.29, 0.717) is 24.2 Å². The summed E-state index contributed by atoms with van der Waals surface area (Å²) < 4.78 is 10.4. The number of rotatable bonds is 8. The summed E-state index contributed by atoms with van der Waals surface area (Å²) in [4.78, 5) is 16.2. The molecule has 3 N–H and O–H groups in total. The lowest BCUT2D eigenvalue weighted by Crippen LogP contribution is -2.15. The first kappa shape index (κ1) is 18.7. The monoisotopic (exact) mass is 346 g/mol. The van der Waals surface area contributed by atoms with Crippen LogP contribution in [0.1, 0.15) is 17.7 Å². The van der Waals surface area contributed by atoms with Gasteiger partial charge in [-0.25, -0.2) is 9.78 Å². The van der Waals surface area contributed by atoms with E-state index in [0.717, 1.165) is 5.56 Å². The van der Waals surface area contributed by atoms with Gasteiger partial charge >= 0.3 is 6.09 Å². The third-order valence-electron chi connectivity index (χ3n) is 3.51. The normalized spacial score (nSPS) is 11.6. The Kier molecular flexibility index (Phi) is 7.18. The molecule has 0 unspecified atom stereocenters. The van der Waals surface area contributed by atoms with Crippen LogP contribution in [0.4, 0.5) is 10.5 Å². The number of hydrogen-bond donors (Lipinski definition) is 3. The molecule has 0 bridgehead atoms. The Morgan fingerprint density at radius 3 is 2.68 bits per heavy atom. The smallest absolute Gasteiger partial charge is 0.412 e. The van der Waals surface area contributed by atoms with Crippen molar-refractivity contribution in [3.63, 3.8) is 0 Å². The number of pyridine rings is 1. The highest BCUT2D eigenvalue weighted by Gasteiger charge is 2.12. The molecule has 1 atom stereocenters. The number of carbonyl (C=O) groups is 1. The van der Waals surface area contributed by atoms with E-state index < -0.39 is 12.2 Å². The van der Waals surface area contributed by atoms with E-state index >= 15 is 0 Å². The van der Waals surface area contributed by atoms with Crippen molar-refractivity contribution in [3.05, 3.63) is 53.7 Å². The number of nitrogens with zero attached hydrogens (tertiary/aromatic N) is 1. The predicted octanol–water partition coefficient (Wildman–Crippen LogP) is 2.12. The van der Waals surface area contributed by atoms with E-state index in [1.54, 1.807) is 12.1 Å². The Morgan fingerprint density at radius 2 is 2.00 bits per heavy atom. The molecule has 7 heteroatoms. The number of aromatic nitrogens is 1. The van der Waals surface area contributed by atoms with Gasteiger partial charge in [0, 0.05) is 5.69 Å². The van der Waals surface area contributed by atoms with Crippen LogP contribution < -0.4 is 10.1 Å². The fourth-order valence-electron chi connectivity index (χ4n) is 2.14. The summed E-state index contributed by atoms with van der Waals surface area (Å²) in [5.74, 6) is 0.257. The third-order valence-corrected chi connectivity index (χ3v) is 3.51. The number of methoxy groups -OCH3 is 1. The van der Waals surface area contributed by atoms with Crippen molar-refractivity contribution >= 4 is 11.8 Å². The second kappa shape index (κ2) is 9.61. The van der Waals surface area contributed by atoms with Crippen LogP contribution in [0.3, 0.4) is 0 Å². The van der Waals surface area contributed by atoms with Gasteiger partial charge in [0.1, 0.15) is 12.3 Å². The van der Waals surface area contributed by atoms with Gasteiger partial charge in [0.2, 0.25) is 5.88 Å². The average molecular weight is 346 g/mol. The molecular weight excluding hydrogens is 324 g/mol. The molecule has 0 saturated carbocycles. The van der Waals surface area contributed by atoms with Crippen molar-refractivity contribution in [2.75, 3.05) is 19.0 Å². The molecule has 1 heterocycles. The zero-order chi connectivity index (χ0) is 18.1. The SMILES string of the molecule is COc1nc(CC[C@@H](O)CO)ccc1NC(=O)OCc1ccccc1. The van der Waals surface area contributed by atoms with Crippen LogP contribution in [-0.2, 0) is 17.8 Å². The van der Waals surface area contributed by atoms with Gasteiger partial charge in [0.15, 0.2) is 0 Å². The van der Waals surface area contributed by atoms with Crippen LogP contribution in [-0.4, -0.2) is 41.1 Å². The Labute approximate surface area is 146 Å². The van der Waals surface area contributed by atoms with Gasteiger partial charge in [-0.05, 0) is 30.5 Å². The molecule has 0 spiro atoms. The van der Waals surface area contributed by atoms with Crippen LogP contribution in [0, 0.1) is 0 Å². The molecule has 7 nitrogen and oxygen atoms in total. The number of benzene rings is 1. The Hall–Kier alpha value is -2.64. The minimum absolute atomic E-state index is 0.166. The number of nitrogens with one attached hydrogen (secondary N) is 1. The number of hydrogen-bond acceptors (Lipinski definition) is 6. The highest BCUT2D eigenvalue weighted by molar-refractivity contribution is 5.86. The van der Waals surface area contributed by atoms with E-state index in [1.165, 1.54) is 7.11 Å². The Bertz CT molecular complexity index is 678. The van der Waals surface area contributed by atoms with Crippen molar-refractivity contribution in [1.29, 1.82) is 0 Å². The summed E-state index contributed by atoms with van der Waals surface area (Å²) in [5.41, 5.74) is 1.97. The molecule has 0 aliphatic carbocycles. The summed E-state index contributed by atoms with van der Waals surface area (Å²) >= 11 is 0. The molecule has 25 heavy (non-hydrogen) atoms. The standard InChI is InChI=1S/C18H22N2O5/c1-24-17-16(10-8-14(19-17)7-9-15(22)11-21)20-18(23)25-12-13-5-3-2-4-6-13/h2-6,8,10,15,21-22H,7,9,11-12H2,1H3,(H,20,23)/t15-/m1/s1. The van der Waals surface area contributed by atoms with Gasteiger partial charge in [-0.1, -0.05) is 30.3 Å². The van der Waals surface area contributed by atoms with Crippen LogP contribution in [0.5, 0.6) is 5.88 Å². The first-order valence-corrected chi connectivity index (χ1v) is 7.93. The quantitative estimate of drug-likeness (QED) is 0.677. The topological polar surface area (TPSA) is 101 Å². The zero-order valence-corrected chi connectivity index (χ0v) is 14.0. The minimum atomic E-state index is -0.779. The fraction of sp³-hybridized carbons (Fsp3) is 0.333. The number of aliphatic hydroxyl groups is 2. The van der Waals surface area contributed by atoms with E-state index in [4.69, 9.17) is 14.6 Å². The molecule has 2 rings (SSSR count). The van der Waals surface area contributed by atoms with Gasteiger partial charge in [-0.3, -0.25) is 5.32 Å². The number of anilines is 1. The maximum atomic E-state index is 11.9. The maximum Gasteiger partial charge on any atom is 0.412 e. The molecule has 1 aromatic carbocycles. The van der Waals surface area contributed by atoms with Crippen LogP contribution in [0.15, 0.2) is 42.5 Å². The van der Waals surface area contributed by atoms with Crippen molar-refractivity contribution in [1.82, 2.24) is 4.98 Å². The number of aliphatic hydroxyl groups excluding tert-OH is 2. The lowest BCUT2D eigenvalue weighted by molar-refractivity contribution is 0.0883. The first-order valence-electron chi connectivity index (χ1n) is 7.93. The van der Waals surface area contributed by atoms with Gasteiger partial charge in [-0.15, -0.1) is 0 Å². The molecule has 0 aliphatic rings. The van der Waals surface area contributed by atoms with Crippen molar-refractivity contribution in [2.24, 2.45) is 0 Å². The van der Waals surface area contributed by atoms with E-state index in [1.807, 2.05) is 30.3 Å².